The summed E-state index contributed by atoms with van der Waals surface area (Å²) in [6, 6.07) is 17.1. The van der Waals surface area contributed by atoms with E-state index in [2.05, 4.69) is 10.6 Å². The normalized spacial score (nSPS) is 19.1. The molecule has 3 rings (SSSR count). The first-order valence-electron chi connectivity index (χ1n) is 11.8. The molecule has 182 valence electrons. The zero-order chi connectivity index (χ0) is 24.7. The van der Waals surface area contributed by atoms with Gasteiger partial charge in [0.1, 0.15) is 0 Å². The van der Waals surface area contributed by atoms with Crippen molar-refractivity contribution in [2.24, 2.45) is 5.92 Å². The molecule has 7 heteroatoms. The molecular formula is C27H36N4O3. The summed E-state index contributed by atoms with van der Waals surface area (Å²) < 4.78 is 5.18. The first-order valence-corrected chi connectivity index (χ1v) is 11.8. The summed E-state index contributed by atoms with van der Waals surface area (Å²) in [5.41, 5.74) is 1.95. The second-order valence-corrected chi connectivity index (χ2v) is 9.47. The van der Waals surface area contributed by atoms with Gasteiger partial charge in [0.25, 0.3) is 5.91 Å². The zero-order valence-corrected chi connectivity index (χ0v) is 20.6. The Morgan fingerprint density at radius 1 is 1.21 bits per heavy atom. The van der Waals surface area contributed by atoms with E-state index in [0.29, 0.717) is 18.6 Å². The zero-order valence-electron chi connectivity index (χ0n) is 20.6. The molecule has 0 spiro atoms. The Kier molecular flexibility index (Phi) is 8.45. The largest absolute Gasteiger partial charge is 0.385 e. The van der Waals surface area contributed by atoms with E-state index < -0.39 is 5.54 Å². The van der Waals surface area contributed by atoms with E-state index in [1.54, 1.807) is 19.2 Å². The van der Waals surface area contributed by atoms with Gasteiger partial charge in [0.05, 0.1) is 19.0 Å². The lowest BCUT2D eigenvalue weighted by Gasteiger charge is -2.43. The maximum atomic E-state index is 13.1. The lowest BCUT2D eigenvalue weighted by molar-refractivity contribution is -0.131. The predicted molar refractivity (Wildman–Crippen MR) is 133 cm³/mol. The molecule has 1 heterocycles. The average Bonchev–Trinajstić information content (AvgIpc) is 2.81. The molecule has 34 heavy (non-hydrogen) atoms. The summed E-state index contributed by atoms with van der Waals surface area (Å²) in [6.45, 7) is 6.94. The molecule has 3 N–H and O–H groups in total. The van der Waals surface area contributed by atoms with Gasteiger partial charge in [-0.2, -0.15) is 0 Å². The maximum Gasteiger partial charge on any atom is 0.251 e. The second-order valence-electron chi connectivity index (χ2n) is 9.47. The number of carbonyl (C=O) groups is 2. The highest BCUT2D eigenvalue weighted by Gasteiger charge is 2.40. The van der Waals surface area contributed by atoms with Crippen molar-refractivity contribution in [3.8, 4) is 0 Å². The summed E-state index contributed by atoms with van der Waals surface area (Å²) in [6.07, 6.45) is 1.92. The third-order valence-electron chi connectivity index (χ3n) is 6.65. The summed E-state index contributed by atoms with van der Waals surface area (Å²) in [7, 11) is 1.67. The van der Waals surface area contributed by atoms with Gasteiger partial charge in [0, 0.05) is 24.8 Å². The first kappa shape index (κ1) is 25.4. The Balaban J connectivity index is 1.71. The first-order chi connectivity index (χ1) is 16.2. The van der Waals surface area contributed by atoms with Gasteiger partial charge in [-0.05, 0) is 48.9 Å². The molecule has 1 aliphatic rings. The number of benzene rings is 2. The highest BCUT2D eigenvalue weighted by molar-refractivity contribution is 5.99. The molecular weight excluding hydrogens is 428 g/mol. The predicted octanol–water partition coefficient (Wildman–Crippen LogP) is 4.26. The van der Waals surface area contributed by atoms with Gasteiger partial charge in [-0.25, -0.2) is 0 Å². The molecule has 0 bridgehead atoms. The standard InChI is InChI=1S/C27H36N4O3/c1-19(2)27(3)17-24(32)31(26(28)30-27)18-20-10-8-13-22(16-20)25(33)29-23(14-9-15-34-4)21-11-6-5-7-12-21/h5-8,10-13,16,19,23H,9,14-15,17-18H2,1-4H3,(H2,28,30)(H,29,33)/t23-,27-/m0/s1. The van der Waals surface area contributed by atoms with E-state index in [1.807, 2.05) is 63.2 Å². The number of guanidine groups is 1. The van der Waals surface area contributed by atoms with Gasteiger partial charge < -0.3 is 15.4 Å². The fourth-order valence-corrected chi connectivity index (χ4v) is 4.11. The second kappa shape index (κ2) is 11.3. The highest BCUT2D eigenvalue weighted by Crippen LogP contribution is 2.26. The Morgan fingerprint density at radius 3 is 2.59 bits per heavy atom. The molecule has 1 aliphatic heterocycles. The number of amides is 2. The Hall–Kier alpha value is -3.19. The number of ether oxygens (including phenoxy) is 1. The topological polar surface area (TPSA) is 94.5 Å². The third kappa shape index (κ3) is 6.23. The van der Waals surface area contributed by atoms with Gasteiger partial charge in [0.15, 0.2) is 5.96 Å². The van der Waals surface area contributed by atoms with Crippen LogP contribution in [-0.2, 0) is 16.1 Å². The monoisotopic (exact) mass is 464 g/mol. The van der Waals surface area contributed by atoms with E-state index in [4.69, 9.17) is 10.1 Å². The molecule has 2 amide bonds. The smallest absolute Gasteiger partial charge is 0.251 e. The lowest BCUT2D eigenvalue weighted by Crippen LogP contribution is -2.62. The van der Waals surface area contributed by atoms with Gasteiger partial charge >= 0.3 is 0 Å². The number of hydrogen-bond donors (Lipinski definition) is 3. The van der Waals surface area contributed by atoms with Crippen LogP contribution >= 0.6 is 0 Å². The lowest BCUT2D eigenvalue weighted by atomic mass is 9.83. The molecule has 0 radical (unpaired) electrons. The number of carbonyl (C=O) groups excluding carboxylic acids is 2. The van der Waals surface area contributed by atoms with Crippen molar-refractivity contribution in [2.75, 3.05) is 13.7 Å². The van der Waals surface area contributed by atoms with E-state index in [1.165, 1.54) is 4.90 Å². The molecule has 1 saturated heterocycles. The van der Waals surface area contributed by atoms with Crippen LogP contribution in [0, 0.1) is 11.3 Å². The fourth-order valence-electron chi connectivity index (χ4n) is 4.11. The molecule has 0 aromatic heterocycles. The van der Waals surface area contributed by atoms with Crippen LogP contribution in [0.1, 0.15) is 67.6 Å². The molecule has 2 atom stereocenters. The number of nitrogens with one attached hydrogen (secondary N) is 3. The molecule has 2 aromatic carbocycles. The van der Waals surface area contributed by atoms with Gasteiger partial charge in [-0.15, -0.1) is 0 Å². The van der Waals surface area contributed by atoms with Crippen molar-refractivity contribution in [3.63, 3.8) is 0 Å². The van der Waals surface area contributed by atoms with Crippen molar-refractivity contribution in [1.82, 2.24) is 15.5 Å². The van der Waals surface area contributed by atoms with E-state index in [-0.39, 0.29) is 36.3 Å². The quantitative estimate of drug-likeness (QED) is 0.458. The maximum absolute atomic E-state index is 13.1. The van der Waals surface area contributed by atoms with Crippen LogP contribution in [0.4, 0.5) is 0 Å². The van der Waals surface area contributed by atoms with Crippen LogP contribution in [0.2, 0.25) is 0 Å². The van der Waals surface area contributed by atoms with Crippen molar-refractivity contribution in [2.45, 2.75) is 58.2 Å². The minimum atomic E-state index is -0.429. The molecule has 0 aliphatic carbocycles. The Labute approximate surface area is 202 Å². The van der Waals surface area contributed by atoms with Crippen LogP contribution in [0.15, 0.2) is 54.6 Å². The minimum absolute atomic E-state index is 0.0860. The number of hydrogen-bond acceptors (Lipinski definition) is 4. The molecule has 0 saturated carbocycles. The third-order valence-corrected chi connectivity index (χ3v) is 6.65. The SMILES string of the molecule is COCCC[C@H](NC(=O)c1cccc(CN2C(=N)N[C@](C)(C(C)C)CC2=O)c1)c1ccccc1. The molecule has 0 unspecified atom stereocenters. The van der Waals surface area contributed by atoms with Gasteiger partial charge in [-0.3, -0.25) is 19.9 Å². The van der Waals surface area contributed by atoms with E-state index in [0.717, 1.165) is 24.0 Å². The Morgan fingerprint density at radius 2 is 1.94 bits per heavy atom. The van der Waals surface area contributed by atoms with Crippen molar-refractivity contribution < 1.29 is 14.3 Å². The summed E-state index contributed by atoms with van der Waals surface area (Å²) in [5, 5.41) is 14.7. The molecule has 7 nitrogen and oxygen atoms in total. The van der Waals surface area contributed by atoms with Crippen LogP contribution < -0.4 is 10.6 Å². The average molecular weight is 465 g/mol. The molecule has 1 fully saturated rings. The number of nitrogens with zero attached hydrogens (tertiary/aromatic N) is 1. The van der Waals surface area contributed by atoms with Crippen LogP contribution in [-0.4, -0.2) is 41.9 Å². The number of methoxy groups -OCH3 is 1. The van der Waals surface area contributed by atoms with Gasteiger partial charge in [-0.1, -0.05) is 56.3 Å². The minimum Gasteiger partial charge on any atom is -0.385 e. The summed E-state index contributed by atoms with van der Waals surface area (Å²) in [5.74, 6) is 0.0628. The number of rotatable bonds is 10. The summed E-state index contributed by atoms with van der Waals surface area (Å²) in [4.78, 5) is 27.4. The van der Waals surface area contributed by atoms with Gasteiger partial charge in [0.2, 0.25) is 5.91 Å². The van der Waals surface area contributed by atoms with Crippen LogP contribution in [0.5, 0.6) is 0 Å². The van der Waals surface area contributed by atoms with E-state index >= 15 is 0 Å². The molecule has 2 aromatic rings. The van der Waals surface area contributed by atoms with E-state index in [9.17, 15) is 9.59 Å². The van der Waals surface area contributed by atoms with Crippen LogP contribution in [0.3, 0.4) is 0 Å². The van der Waals surface area contributed by atoms with Crippen LogP contribution in [0.25, 0.3) is 0 Å². The fraction of sp³-hybridized carbons (Fsp3) is 0.444. The van der Waals surface area contributed by atoms with Crippen molar-refractivity contribution >= 4 is 17.8 Å². The highest BCUT2D eigenvalue weighted by atomic mass is 16.5. The van der Waals surface area contributed by atoms with Crippen molar-refractivity contribution in [1.29, 1.82) is 5.41 Å². The van der Waals surface area contributed by atoms with Crippen molar-refractivity contribution in [3.05, 3.63) is 71.3 Å². The summed E-state index contributed by atoms with van der Waals surface area (Å²) >= 11 is 0. The Bertz CT molecular complexity index is 988.